The number of hydrogen-bond donors (Lipinski definition) is 1. The molecule has 0 aliphatic rings. The molecule has 0 aliphatic carbocycles. The fraction of sp³-hybridized carbons (Fsp3) is 0.150. The standard InChI is InChI=1S/C20H18O3/c21-20(22)14-18-7-3-4-8-19(18)23-12-11-15-9-10-16-5-1-2-6-17(16)13-15/h1-10,13H,11-12,14H2,(H,21,22). The smallest absolute Gasteiger partial charge is 0.307 e. The number of carbonyl (C=O) groups is 1. The Balaban J connectivity index is 1.65. The van der Waals surface area contributed by atoms with Crippen LogP contribution in [0.15, 0.2) is 66.7 Å². The van der Waals surface area contributed by atoms with Crippen molar-refractivity contribution in [3.63, 3.8) is 0 Å². The first-order valence-electron chi connectivity index (χ1n) is 7.62. The number of hydrogen-bond acceptors (Lipinski definition) is 2. The van der Waals surface area contributed by atoms with Crippen LogP contribution in [0.2, 0.25) is 0 Å². The number of ether oxygens (including phenoxy) is 1. The van der Waals surface area contributed by atoms with Crippen molar-refractivity contribution in [2.45, 2.75) is 12.8 Å². The summed E-state index contributed by atoms with van der Waals surface area (Å²) in [6, 6.07) is 21.9. The molecule has 0 unspecified atom stereocenters. The SMILES string of the molecule is O=C(O)Cc1ccccc1OCCc1ccc2ccccc2c1. The zero-order valence-corrected chi connectivity index (χ0v) is 12.7. The lowest BCUT2D eigenvalue weighted by molar-refractivity contribution is -0.136. The van der Waals surface area contributed by atoms with Gasteiger partial charge in [-0.05, 0) is 22.4 Å². The maximum atomic E-state index is 10.9. The first-order chi connectivity index (χ1) is 11.2. The molecule has 3 heteroatoms. The maximum Gasteiger partial charge on any atom is 0.307 e. The van der Waals surface area contributed by atoms with Crippen LogP contribution in [0.1, 0.15) is 11.1 Å². The normalized spacial score (nSPS) is 10.6. The summed E-state index contributed by atoms with van der Waals surface area (Å²) in [6.45, 7) is 0.523. The van der Waals surface area contributed by atoms with Crippen LogP contribution in [0.4, 0.5) is 0 Å². The van der Waals surface area contributed by atoms with E-state index in [9.17, 15) is 4.79 Å². The summed E-state index contributed by atoms with van der Waals surface area (Å²) in [4.78, 5) is 10.9. The van der Waals surface area contributed by atoms with Crippen LogP contribution in [0.25, 0.3) is 10.8 Å². The topological polar surface area (TPSA) is 46.5 Å². The van der Waals surface area contributed by atoms with Gasteiger partial charge >= 0.3 is 5.97 Å². The average Bonchev–Trinajstić information content (AvgIpc) is 2.56. The van der Waals surface area contributed by atoms with Crippen LogP contribution in [0, 0.1) is 0 Å². The second kappa shape index (κ2) is 6.97. The van der Waals surface area contributed by atoms with Gasteiger partial charge in [0.1, 0.15) is 5.75 Å². The fourth-order valence-corrected chi connectivity index (χ4v) is 2.63. The third-order valence-corrected chi connectivity index (χ3v) is 3.78. The van der Waals surface area contributed by atoms with Crippen molar-refractivity contribution in [1.29, 1.82) is 0 Å². The van der Waals surface area contributed by atoms with Crippen LogP contribution >= 0.6 is 0 Å². The molecule has 0 fully saturated rings. The van der Waals surface area contributed by atoms with Gasteiger partial charge in [0.15, 0.2) is 0 Å². The highest BCUT2D eigenvalue weighted by molar-refractivity contribution is 5.83. The molecule has 0 spiro atoms. The molecule has 23 heavy (non-hydrogen) atoms. The summed E-state index contributed by atoms with van der Waals surface area (Å²) in [5, 5.41) is 11.4. The summed E-state index contributed by atoms with van der Waals surface area (Å²) in [5.74, 6) is -0.203. The van der Waals surface area contributed by atoms with Crippen LogP contribution in [-0.4, -0.2) is 17.7 Å². The van der Waals surface area contributed by atoms with Crippen molar-refractivity contribution in [2.75, 3.05) is 6.61 Å². The highest BCUT2D eigenvalue weighted by Crippen LogP contribution is 2.20. The van der Waals surface area contributed by atoms with E-state index in [0.29, 0.717) is 17.9 Å². The van der Waals surface area contributed by atoms with Gasteiger partial charge in [-0.2, -0.15) is 0 Å². The van der Waals surface area contributed by atoms with E-state index in [1.54, 1.807) is 6.07 Å². The first-order valence-corrected chi connectivity index (χ1v) is 7.62. The van der Waals surface area contributed by atoms with Gasteiger partial charge in [0, 0.05) is 12.0 Å². The van der Waals surface area contributed by atoms with Crippen LogP contribution in [-0.2, 0) is 17.6 Å². The Morgan fingerprint density at radius 1 is 0.913 bits per heavy atom. The van der Waals surface area contributed by atoms with Crippen molar-refractivity contribution < 1.29 is 14.6 Å². The van der Waals surface area contributed by atoms with Crippen molar-refractivity contribution in [3.05, 3.63) is 77.9 Å². The van der Waals surface area contributed by atoms with Crippen molar-refractivity contribution in [3.8, 4) is 5.75 Å². The monoisotopic (exact) mass is 306 g/mol. The zero-order valence-electron chi connectivity index (χ0n) is 12.7. The van der Waals surface area contributed by atoms with Gasteiger partial charge in [0.2, 0.25) is 0 Å². The molecule has 0 aromatic heterocycles. The number of benzene rings is 3. The molecule has 0 aliphatic heterocycles. The lowest BCUT2D eigenvalue weighted by Crippen LogP contribution is -2.06. The molecule has 0 saturated heterocycles. The van der Waals surface area contributed by atoms with Crippen molar-refractivity contribution in [2.24, 2.45) is 0 Å². The third kappa shape index (κ3) is 3.89. The molecular formula is C20H18O3. The van der Waals surface area contributed by atoms with Gasteiger partial charge in [-0.25, -0.2) is 0 Å². The third-order valence-electron chi connectivity index (χ3n) is 3.78. The Bertz CT molecular complexity index is 824. The van der Waals surface area contributed by atoms with Crippen LogP contribution in [0.5, 0.6) is 5.75 Å². The largest absolute Gasteiger partial charge is 0.493 e. The summed E-state index contributed by atoms with van der Waals surface area (Å²) < 4.78 is 5.79. The number of rotatable bonds is 6. The Hall–Kier alpha value is -2.81. The molecule has 0 radical (unpaired) electrons. The molecule has 3 rings (SSSR count). The minimum atomic E-state index is -0.851. The lowest BCUT2D eigenvalue weighted by Gasteiger charge is -2.10. The summed E-state index contributed by atoms with van der Waals surface area (Å²) in [7, 11) is 0. The van der Waals surface area contributed by atoms with E-state index in [2.05, 4.69) is 30.3 Å². The first kappa shape index (κ1) is 15.1. The highest BCUT2D eigenvalue weighted by atomic mass is 16.5. The summed E-state index contributed by atoms with van der Waals surface area (Å²) in [5.41, 5.74) is 1.91. The number of para-hydroxylation sites is 1. The Morgan fingerprint density at radius 3 is 2.48 bits per heavy atom. The van der Waals surface area contributed by atoms with Gasteiger partial charge in [0.05, 0.1) is 13.0 Å². The van der Waals surface area contributed by atoms with Crippen molar-refractivity contribution >= 4 is 16.7 Å². The Kier molecular flexibility index (Phi) is 4.57. The second-order valence-electron chi connectivity index (χ2n) is 5.46. The van der Waals surface area contributed by atoms with Gasteiger partial charge < -0.3 is 9.84 Å². The van der Waals surface area contributed by atoms with Crippen molar-refractivity contribution in [1.82, 2.24) is 0 Å². The second-order valence-corrected chi connectivity index (χ2v) is 5.46. The summed E-state index contributed by atoms with van der Waals surface area (Å²) in [6.07, 6.45) is 0.762. The quantitative estimate of drug-likeness (QED) is 0.746. The predicted octanol–water partition coefficient (Wildman–Crippen LogP) is 4.09. The molecule has 0 amide bonds. The Morgan fingerprint density at radius 2 is 1.65 bits per heavy atom. The molecule has 0 saturated carbocycles. The predicted molar refractivity (Wildman–Crippen MR) is 90.9 cm³/mol. The molecule has 3 aromatic rings. The minimum absolute atomic E-state index is 0.0217. The molecule has 116 valence electrons. The molecule has 3 aromatic carbocycles. The molecule has 0 heterocycles. The van der Waals surface area contributed by atoms with E-state index >= 15 is 0 Å². The average molecular weight is 306 g/mol. The van der Waals surface area contributed by atoms with Gasteiger partial charge in [-0.15, -0.1) is 0 Å². The van der Waals surface area contributed by atoms with Gasteiger partial charge in [-0.3, -0.25) is 4.79 Å². The van der Waals surface area contributed by atoms with E-state index in [1.807, 2.05) is 30.3 Å². The zero-order chi connectivity index (χ0) is 16.1. The van der Waals surface area contributed by atoms with Crippen LogP contribution < -0.4 is 4.74 Å². The van der Waals surface area contributed by atoms with E-state index in [4.69, 9.17) is 9.84 Å². The summed E-state index contributed by atoms with van der Waals surface area (Å²) >= 11 is 0. The van der Waals surface area contributed by atoms with E-state index in [-0.39, 0.29) is 6.42 Å². The Labute approximate surface area is 135 Å². The van der Waals surface area contributed by atoms with E-state index in [0.717, 1.165) is 6.42 Å². The van der Waals surface area contributed by atoms with Gasteiger partial charge in [0.25, 0.3) is 0 Å². The highest BCUT2D eigenvalue weighted by Gasteiger charge is 2.07. The van der Waals surface area contributed by atoms with Crippen LogP contribution in [0.3, 0.4) is 0 Å². The van der Waals surface area contributed by atoms with Gasteiger partial charge in [-0.1, -0.05) is 60.7 Å². The molecule has 0 atom stereocenters. The minimum Gasteiger partial charge on any atom is -0.493 e. The van der Waals surface area contributed by atoms with E-state index < -0.39 is 5.97 Å². The lowest BCUT2D eigenvalue weighted by atomic mass is 10.1. The molecular weight excluding hydrogens is 288 g/mol. The maximum absolute atomic E-state index is 10.9. The molecule has 1 N–H and O–H groups in total. The van der Waals surface area contributed by atoms with E-state index in [1.165, 1.54) is 16.3 Å². The number of carboxylic acids is 1. The fourth-order valence-electron chi connectivity index (χ4n) is 2.63. The molecule has 3 nitrogen and oxygen atoms in total. The number of fused-ring (bicyclic) bond motifs is 1. The number of aliphatic carboxylic acids is 1. The number of carboxylic acid groups (broad SMARTS) is 1. The molecule has 0 bridgehead atoms.